The molecule has 3 heterocycles. The predicted molar refractivity (Wildman–Crippen MR) is 93.0 cm³/mol. The van der Waals surface area contributed by atoms with Crippen molar-refractivity contribution in [3.8, 4) is 5.88 Å². The van der Waals surface area contributed by atoms with E-state index in [9.17, 15) is 13.6 Å². The van der Waals surface area contributed by atoms with Crippen LogP contribution in [0.5, 0.6) is 5.88 Å². The summed E-state index contributed by atoms with van der Waals surface area (Å²) >= 11 is 0. The van der Waals surface area contributed by atoms with E-state index in [-0.39, 0.29) is 19.0 Å². The van der Waals surface area contributed by atoms with Crippen LogP contribution in [0.1, 0.15) is 23.3 Å². The van der Waals surface area contributed by atoms with E-state index in [2.05, 4.69) is 9.88 Å². The lowest BCUT2D eigenvalue weighted by atomic mass is 10.1. The minimum absolute atomic E-state index is 0.130. The van der Waals surface area contributed by atoms with Crippen molar-refractivity contribution in [1.29, 1.82) is 0 Å². The molecule has 2 saturated heterocycles. The van der Waals surface area contributed by atoms with Crippen LogP contribution in [0.3, 0.4) is 0 Å². The van der Waals surface area contributed by atoms with Gasteiger partial charge >= 0.3 is 0 Å². The maximum atomic E-state index is 13.2. The molecule has 3 fully saturated rings. The molecule has 1 aromatic rings. The van der Waals surface area contributed by atoms with Crippen LogP contribution in [-0.4, -0.2) is 79.5 Å². The van der Waals surface area contributed by atoms with Gasteiger partial charge in [0, 0.05) is 26.2 Å². The second-order valence-corrected chi connectivity index (χ2v) is 7.58. The molecule has 0 unspecified atom stereocenters. The highest BCUT2D eigenvalue weighted by atomic mass is 19.3. The van der Waals surface area contributed by atoms with Crippen molar-refractivity contribution < 1.29 is 18.3 Å². The quantitative estimate of drug-likeness (QED) is 0.794. The fourth-order valence-corrected chi connectivity index (χ4v) is 3.23. The van der Waals surface area contributed by atoms with E-state index in [1.165, 1.54) is 0 Å². The van der Waals surface area contributed by atoms with Gasteiger partial charge in [-0.1, -0.05) is 0 Å². The fourth-order valence-electron chi connectivity index (χ4n) is 3.23. The number of halogens is 2. The number of amides is 1. The van der Waals surface area contributed by atoms with Crippen LogP contribution in [-0.2, 0) is 0 Å². The fraction of sp³-hybridized carbons (Fsp3) is 0.667. The highest BCUT2D eigenvalue weighted by Gasteiger charge is 2.45. The Balaban J connectivity index is 1.51. The number of aromatic nitrogens is 1. The monoisotopic (exact) mass is 366 g/mol. The lowest BCUT2D eigenvalue weighted by Crippen LogP contribution is -2.56. The molecule has 1 saturated carbocycles. The van der Waals surface area contributed by atoms with Crippen molar-refractivity contribution in [2.24, 2.45) is 5.92 Å². The van der Waals surface area contributed by atoms with Crippen LogP contribution in [0.25, 0.3) is 0 Å². The Labute approximate surface area is 151 Å². The summed E-state index contributed by atoms with van der Waals surface area (Å²) in [5.41, 5.74) is 0.864. The molecular formula is C18H24F2N4O2. The second-order valence-electron chi connectivity index (χ2n) is 7.58. The third kappa shape index (κ3) is 3.75. The summed E-state index contributed by atoms with van der Waals surface area (Å²) in [5.74, 6) is -1.98. The van der Waals surface area contributed by atoms with E-state index in [1.807, 2.05) is 7.05 Å². The third-order valence-electron chi connectivity index (χ3n) is 5.19. The number of carbonyl (C=O) groups is 1. The molecule has 0 radical (unpaired) electrons. The zero-order valence-corrected chi connectivity index (χ0v) is 15.0. The number of alkyl halides is 2. The van der Waals surface area contributed by atoms with Gasteiger partial charge in [-0.3, -0.25) is 4.79 Å². The molecular weight excluding hydrogens is 342 g/mol. The predicted octanol–water partition coefficient (Wildman–Crippen LogP) is 1.71. The molecule has 0 bridgehead atoms. The minimum Gasteiger partial charge on any atom is -0.476 e. The van der Waals surface area contributed by atoms with E-state index in [4.69, 9.17) is 4.74 Å². The van der Waals surface area contributed by atoms with Gasteiger partial charge in [0.1, 0.15) is 11.4 Å². The third-order valence-corrected chi connectivity index (χ3v) is 5.19. The zero-order chi connectivity index (χ0) is 18.3. The van der Waals surface area contributed by atoms with Crippen molar-refractivity contribution in [3.63, 3.8) is 0 Å². The van der Waals surface area contributed by atoms with Gasteiger partial charge in [-0.2, -0.15) is 0 Å². The number of likely N-dealkylation sites (N-methyl/N-ethyl adjacent to an activating group) is 1. The maximum absolute atomic E-state index is 13.2. The van der Waals surface area contributed by atoms with Gasteiger partial charge in [-0.05, 0) is 37.9 Å². The largest absolute Gasteiger partial charge is 0.476 e. The number of rotatable bonds is 5. The minimum atomic E-state index is -2.66. The number of hydrogen-bond donors (Lipinski definition) is 0. The van der Waals surface area contributed by atoms with Gasteiger partial charge in [0.25, 0.3) is 11.8 Å². The van der Waals surface area contributed by atoms with Gasteiger partial charge in [0.2, 0.25) is 5.88 Å². The number of hydrogen-bond acceptors (Lipinski definition) is 5. The molecule has 3 aliphatic rings. The van der Waals surface area contributed by atoms with Crippen LogP contribution in [0.4, 0.5) is 14.5 Å². The Morgan fingerprint density at radius 1 is 1.23 bits per heavy atom. The van der Waals surface area contributed by atoms with Crippen molar-refractivity contribution >= 4 is 11.6 Å². The molecule has 8 heteroatoms. The smallest absolute Gasteiger partial charge is 0.282 e. The lowest BCUT2D eigenvalue weighted by molar-refractivity contribution is -0.0265. The Kier molecular flexibility index (Phi) is 4.46. The van der Waals surface area contributed by atoms with Gasteiger partial charge in [-0.25, -0.2) is 13.8 Å². The second kappa shape index (κ2) is 6.64. The Bertz CT molecular complexity index is 680. The molecule has 0 N–H and O–H groups in total. The zero-order valence-electron chi connectivity index (χ0n) is 15.0. The molecule has 26 heavy (non-hydrogen) atoms. The molecule has 6 nitrogen and oxygen atoms in total. The average Bonchev–Trinajstić information content (AvgIpc) is 3.42. The Morgan fingerprint density at radius 3 is 2.54 bits per heavy atom. The summed E-state index contributed by atoms with van der Waals surface area (Å²) in [7, 11) is 2.03. The van der Waals surface area contributed by atoms with Gasteiger partial charge in [0.15, 0.2) is 0 Å². The van der Waals surface area contributed by atoms with Crippen LogP contribution in [0.2, 0.25) is 0 Å². The van der Waals surface area contributed by atoms with E-state index in [0.717, 1.165) is 25.9 Å². The van der Waals surface area contributed by atoms with Crippen LogP contribution < -0.4 is 9.64 Å². The van der Waals surface area contributed by atoms with Gasteiger partial charge in [0.05, 0.1) is 19.7 Å². The van der Waals surface area contributed by atoms with E-state index >= 15 is 0 Å². The summed E-state index contributed by atoms with van der Waals surface area (Å²) in [5, 5.41) is 0. The number of nitrogens with zero attached hydrogens (tertiary/aromatic N) is 4. The topological polar surface area (TPSA) is 48.9 Å². The summed E-state index contributed by atoms with van der Waals surface area (Å²) in [6.45, 7) is 2.84. The van der Waals surface area contributed by atoms with Crippen molar-refractivity contribution in [2.45, 2.75) is 18.8 Å². The number of ether oxygens (including phenoxy) is 1. The summed E-state index contributed by atoms with van der Waals surface area (Å²) < 4.78 is 32.3. The summed E-state index contributed by atoms with van der Waals surface area (Å²) in [4.78, 5) is 22.6. The molecule has 0 spiro atoms. The van der Waals surface area contributed by atoms with Crippen molar-refractivity contribution in [1.82, 2.24) is 14.8 Å². The first-order valence-electron chi connectivity index (χ1n) is 9.16. The number of carbonyl (C=O) groups excluding carboxylic acids is 1. The van der Waals surface area contributed by atoms with Crippen LogP contribution in [0.15, 0.2) is 12.1 Å². The Hall–Kier alpha value is -1.96. The normalized spacial score (nSPS) is 22.9. The number of anilines is 1. The van der Waals surface area contributed by atoms with Crippen LogP contribution >= 0.6 is 0 Å². The highest BCUT2D eigenvalue weighted by molar-refractivity contribution is 5.93. The highest BCUT2D eigenvalue weighted by Crippen LogP contribution is 2.38. The first-order chi connectivity index (χ1) is 12.4. The summed E-state index contributed by atoms with van der Waals surface area (Å²) in [6, 6.07) is 3.31. The molecule has 4 rings (SSSR count). The van der Waals surface area contributed by atoms with Gasteiger partial charge in [-0.15, -0.1) is 0 Å². The average molecular weight is 366 g/mol. The standard InChI is InChI=1S/C18H24F2N4O2/c1-22-6-8-23(9-7-22)17(25)14-4-5-15(24-11-18(19,20)12-24)16(21-14)26-10-13-2-3-13/h4-5,13H,2-3,6-12H2,1H3. The number of piperazine rings is 1. The van der Waals surface area contributed by atoms with E-state index < -0.39 is 5.92 Å². The maximum Gasteiger partial charge on any atom is 0.282 e. The van der Waals surface area contributed by atoms with E-state index in [0.29, 0.717) is 42.9 Å². The molecule has 0 aromatic carbocycles. The molecule has 2 aliphatic heterocycles. The lowest BCUT2D eigenvalue weighted by Gasteiger charge is -2.40. The molecule has 1 aliphatic carbocycles. The van der Waals surface area contributed by atoms with Crippen molar-refractivity contribution in [2.75, 3.05) is 57.8 Å². The number of pyridine rings is 1. The first-order valence-corrected chi connectivity index (χ1v) is 9.16. The van der Waals surface area contributed by atoms with E-state index in [1.54, 1.807) is 21.9 Å². The van der Waals surface area contributed by atoms with Crippen LogP contribution in [0, 0.1) is 5.92 Å². The molecule has 142 valence electrons. The molecule has 1 aromatic heterocycles. The Morgan fingerprint density at radius 2 is 1.92 bits per heavy atom. The summed E-state index contributed by atoms with van der Waals surface area (Å²) in [6.07, 6.45) is 2.24. The van der Waals surface area contributed by atoms with Gasteiger partial charge < -0.3 is 19.4 Å². The first kappa shape index (κ1) is 17.5. The SMILES string of the molecule is CN1CCN(C(=O)c2ccc(N3CC(F)(F)C3)c(OCC3CC3)n2)CC1. The van der Waals surface area contributed by atoms with Crippen molar-refractivity contribution in [3.05, 3.63) is 17.8 Å². The molecule has 1 amide bonds. The molecule has 0 atom stereocenters.